The normalized spacial score (nSPS) is 12.6. The number of nitrogens with one attached hydrogen (secondary N) is 1. The van der Waals surface area contributed by atoms with E-state index >= 15 is 0 Å². The second-order valence-corrected chi connectivity index (χ2v) is 5.01. The Morgan fingerprint density at radius 3 is 2.44 bits per heavy atom. The lowest BCUT2D eigenvalue weighted by molar-refractivity contribution is 0.502. The molecule has 2 aromatic rings. The first-order valence-electron chi connectivity index (χ1n) is 5.82. The average molecular weight is 267 g/mol. The molecule has 96 valence electrons. The Balaban J connectivity index is 2.10. The molecule has 1 N–H and O–H groups in total. The minimum atomic E-state index is -0.472. The van der Waals surface area contributed by atoms with E-state index in [9.17, 15) is 8.78 Å². The van der Waals surface area contributed by atoms with E-state index in [1.54, 1.807) is 11.3 Å². The minimum Gasteiger partial charge on any atom is -0.316 e. The van der Waals surface area contributed by atoms with Gasteiger partial charge in [-0.15, -0.1) is 0 Å². The van der Waals surface area contributed by atoms with Crippen molar-refractivity contribution in [3.63, 3.8) is 0 Å². The van der Waals surface area contributed by atoms with Crippen molar-refractivity contribution in [2.24, 2.45) is 0 Å². The topological polar surface area (TPSA) is 12.0 Å². The van der Waals surface area contributed by atoms with Crippen LogP contribution >= 0.6 is 11.3 Å². The second-order valence-electron chi connectivity index (χ2n) is 4.23. The van der Waals surface area contributed by atoms with Gasteiger partial charge in [0.25, 0.3) is 0 Å². The summed E-state index contributed by atoms with van der Waals surface area (Å²) in [5.74, 6) is -0.943. The van der Waals surface area contributed by atoms with E-state index in [4.69, 9.17) is 0 Å². The molecule has 2 rings (SSSR count). The van der Waals surface area contributed by atoms with Gasteiger partial charge < -0.3 is 5.32 Å². The Labute approximate surface area is 109 Å². The third-order valence-corrected chi connectivity index (χ3v) is 3.71. The van der Waals surface area contributed by atoms with Crippen LogP contribution in [0.5, 0.6) is 0 Å². The van der Waals surface area contributed by atoms with Crippen molar-refractivity contribution in [1.82, 2.24) is 5.32 Å². The van der Waals surface area contributed by atoms with E-state index in [-0.39, 0.29) is 11.6 Å². The molecule has 1 aromatic heterocycles. The number of rotatable bonds is 5. The fourth-order valence-corrected chi connectivity index (χ4v) is 2.62. The zero-order valence-electron chi connectivity index (χ0n) is 10.1. The highest BCUT2D eigenvalue weighted by Gasteiger charge is 2.15. The summed E-state index contributed by atoms with van der Waals surface area (Å²) in [4.78, 5) is 0. The van der Waals surface area contributed by atoms with Gasteiger partial charge in [0.1, 0.15) is 11.6 Å². The van der Waals surface area contributed by atoms with Crippen LogP contribution in [0.4, 0.5) is 8.78 Å². The molecule has 0 aliphatic carbocycles. The summed E-state index contributed by atoms with van der Waals surface area (Å²) in [6.45, 7) is 0. The van der Waals surface area contributed by atoms with Crippen LogP contribution < -0.4 is 5.32 Å². The fourth-order valence-electron chi connectivity index (χ4n) is 1.94. The predicted molar refractivity (Wildman–Crippen MR) is 70.9 cm³/mol. The van der Waals surface area contributed by atoms with Gasteiger partial charge in [0.05, 0.1) is 0 Å². The summed E-state index contributed by atoms with van der Waals surface area (Å²) in [7, 11) is 1.82. The van der Waals surface area contributed by atoms with E-state index in [2.05, 4.69) is 10.7 Å². The molecule has 0 amide bonds. The summed E-state index contributed by atoms with van der Waals surface area (Å²) in [5, 5.41) is 7.18. The number of likely N-dealkylation sites (N-methyl/N-ethyl adjacent to an activating group) is 1. The maximum atomic E-state index is 13.6. The number of benzene rings is 1. The molecule has 0 radical (unpaired) electrons. The molecule has 1 atom stereocenters. The molecule has 18 heavy (non-hydrogen) atoms. The van der Waals surface area contributed by atoms with Crippen LogP contribution in [0.3, 0.4) is 0 Å². The lowest BCUT2D eigenvalue weighted by Crippen LogP contribution is -2.30. The van der Waals surface area contributed by atoms with Gasteiger partial charge in [-0.05, 0) is 54.4 Å². The number of halogens is 2. The Kier molecular flexibility index (Phi) is 4.44. The third-order valence-electron chi connectivity index (χ3n) is 2.98. The molecule has 0 bridgehead atoms. The van der Waals surface area contributed by atoms with Crippen LogP contribution in [0.15, 0.2) is 35.0 Å². The van der Waals surface area contributed by atoms with Crippen molar-refractivity contribution in [2.45, 2.75) is 18.9 Å². The van der Waals surface area contributed by atoms with Crippen LogP contribution in [-0.4, -0.2) is 13.1 Å². The summed E-state index contributed by atoms with van der Waals surface area (Å²) in [6, 6.07) is 6.06. The summed E-state index contributed by atoms with van der Waals surface area (Å²) in [5.41, 5.74) is 1.35. The molecule has 1 nitrogen and oxygen atoms in total. The quantitative estimate of drug-likeness (QED) is 0.875. The van der Waals surface area contributed by atoms with Gasteiger partial charge in [-0.2, -0.15) is 11.3 Å². The monoisotopic (exact) mass is 267 g/mol. The molecule has 1 aromatic carbocycles. The summed E-state index contributed by atoms with van der Waals surface area (Å²) < 4.78 is 27.1. The molecule has 1 unspecified atom stereocenters. The molecular weight excluding hydrogens is 252 g/mol. The molecule has 1 heterocycles. The van der Waals surface area contributed by atoms with Crippen LogP contribution in [-0.2, 0) is 12.8 Å². The van der Waals surface area contributed by atoms with E-state index in [0.717, 1.165) is 6.42 Å². The molecule has 4 heteroatoms. The highest BCUT2D eigenvalue weighted by Crippen LogP contribution is 2.17. The first kappa shape index (κ1) is 13.2. The van der Waals surface area contributed by atoms with Gasteiger partial charge in [-0.25, -0.2) is 8.78 Å². The Morgan fingerprint density at radius 1 is 1.17 bits per heavy atom. The molecule has 0 fully saturated rings. The second kappa shape index (κ2) is 6.07. The predicted octanol–water partition coefficient (Wildman–Crippen LogP) is 3.40. The number of thiophene rings is 1. The highest BCUT2D eigenvalue weighted by molar-refractivity contribution is 7.07. The lowest BCUT2D eigenvalue weighted by Gasteiger charge is -2.16. The van der Waals surface area contributed by atoms with E-state index in [0.29, 0.717) is 6.42 Å². The van der Waals surface area contributed by atoms with Crippen molar-refractivity contribution in [2.75, 3.05) is 7.05 Å². The van der Waals surface area contributed by atoms with Gasteiger partial charge in [0.2, 0.25) is 0 Å². The standard InChI is InChI=1S/C14H15F2NS/c1-17-11(7-10-5-6-18-9-10)8-12-13(15)3-2-4-14(12)16/h2-6,9,11,17H,7-8H2,1H3. The largest absolute Gasteiger partial charge is 0.316 e. The van der Waals surface area contributed by atoms with Crippen molar-refractivity contribution >= 4 is 11.3 Å². The van der Waals surface area contributed by atoms with Gasteiger partial charge in [-0.3, -0.25) is 0 Å². The maximum absolute atomic E-state index is 13.6. The zero-order valence-corrected chi connectivity index (χ0v) is 10.9. The van der Waals surface area contributed by atoms with Gasteiger partial charge in [0, 0.05) is 11.6 Å². The van der Waals surface area contributed by atoms with Crippen molar-refractivity contribution in [3.8, 4) is 0 Å². The van der Waals surface area contributed by atoms with Crippen molar-refractivity contribution in [3.05, 3.63) is 57.8 Å². The van der Waals surface area contributed by atoms with Crippen LogP contribution in [0.1, 0.15) is 11.1 Å². The summed E-state index contributed by atoms with van der Waals surface area (Å²) in [6.07, 6.45) is 1.12. The highest BCUT2D eigenvalue weighted by atomic mass is 32.1. The third kappa shape index (κ3) is 3.15. The lowest BCUT2D eigenvalue weighted by atomic mass is 10.00. The minimum absolute atomic E-state index is 0.0333. The smallest absolute Gasteiger partial charge is 0.129 e. The zero-order chi connectivity index (χ0) is 13.0. The van der Waals surface area contributed by atoms with Crippen LogP contribution in [0.2, 0.25) is 0 Å². The van der Waals surface area contributed by atoms with Crippen LogP contribution in [0.25, 0.3) is 0 Å². The van der Waals surface area contributed by atoms with Crippen molar-refractivity contribution in [1.29, 1.82) is 0 Å². The first-order chi connectivity index (χ1) is 8.70. The molecular formula is C14H15F2NS. The Morgan fingerprint density at radius 2 is 1.89 bits per heavy atom. The Hall–Kier alpha value is -1.26. The number of hydrogen-bond donors (Lipinski definition) is 1. The molecule has 0 saturated carbocycles. The maximum Gasteiger partial charge on any atom is 0.129 e. The average Bonchev–Trinajstić information content (AvgIpc) is 2.85. The Bertz CT molecular complexity index is 476. The van der Waals surface area contributed by atoms with Crippen LogP contribution in [0, 0.1) is 11.6 Å². The van der Waals surface area contributed by atoms with E-state index < -0.39 is 11.6 Å². The molecule has 0 aliphatic heterocycles. The molecule has 0 saturated heterocycles. The van der Waals surface area contributed by atoms with Crippen molar-refractivity contribution < 1.29 is 8.78 Å². The van der Waals surface area contributed by atoms with E-state index in [1.165, 1.54) is 23.8 Å². The first-order valence-corrected chi connectivity index (χ1v) is 6.76. The molecule has 0 aliphatic rings. The molecule has 0 spiro atoms. The van der Waals surface area contributed by atoms with Gasteiger partial charge >= 0.3 is 0 Å². The summed E-state index contributed by atoms with van der Waals surface area (Å²) >= 11 is 1.63. The van der Waals surface area contributed by atoms with E-state index in [1.807, 2.05) is 18.5 Å². The fraction of sp³-hybridized carbons (Fsp3) is 0.286. The van der Waals surface area contributed by atoms with Gasteiger partial charge in [0.15, 0.2) is 0 Å². The number of hydrogen-bond acceptors (Lipinski definition) is 2. The van der Waals surface area contributed by atoms with Gasteiger partial charge in [-0.1, -0.05) is 6.07 Å². The SMILES string of the molecule is CNC(Cc1ccsc1)Cc1c(F)cccc1F.